The second-order valence-corrected chi connectivity index (χ2v) is 11.4. The van der Waals surface area contributed by atoms with Gasteiger partial charge in [-0.3, -0.25) is 9.89 Å². The molecule has 1 saturated heterocycles. The number of phenols is 1. The molecule has 2 aromatic carbocycles. The molecule has 0 saturated carbocycles. The van der Waals surface area contributed by atoms with Gasteiger partial charge in [-0.1, -0.05) is 30.9 Å². The van der Waals surface area contributed by atoms with E-state index in [4.69, 9.17) is 4.74 Å². The highest BCUT2D eigenvalue weighted by atomic mass is 32.2. The zero-order chi connectivity index (χ0) is 24.9. The molecular formula is C26H27N3O5S. The number of benzene rings is 2. The molecule has 0 aliphatic carbocycles. The van der Waals surface area contributed by atoms with Crippen molar-refractivity contribution >= 4 is 15.7 Å². The second kappa shape index (κ2) is 8.57. The van der Waals surface area contributed by atoms with E-state index in [2.05, 4.69) is 16.8 Å². The number of aromatic nitrogens is 2. The average molecular weight is 494 g/mol. The molecule has 8 nitrogen and oxygen atoms in total. The van der Waals surface area contributed by atoms with E-state index >= 15 is 0 Å². The van der Waals surface area contributed by atoms with E-state index in [1.165, 1.54) is 0 Å². The molecule has 2 aliphatic heterocycles. The normalized spacial score (nSPS) is 20.7. The van der Waals surface area contributed by atoms with Crippen LogP contribution in [-0.2, 0) is 9.84 Å². The minimum Gasteiger partial charge on any atom is -0.507 e. The van der Waals surface area contributed by atoms with E-state index < -0.39 is 21.9 Å². The number of rotatable bonds is 6. The Labute approximate surface area is 204 Å². The number of carbonyl (C=O) groups is 1. The Kier molecular flexibility index (Phi) is 5.67. The fourth-order valence-electron chi connectivity index (χ4n) is 5.14. The maximum absolute atomic E-state index is 13.7. The number of aromatic hydroxyl groups is 1. The molecule has 3 aromatic rings. The van der Waals surface area contributed by atoms with Crippen LogP contribution >= 0.6 is 0 Å². The van der Waals surface area contributed by atoms with Gasteiger partial charge in [0.25, 0.3) is 5.91 Å². The van der Waals surface area contributed by atoms with Crippen LogP contribution in [0.1, 0.15) is 45.2 Å². The molecule has 3 heterocycles. The van der Waals surface area contributed by atoms with Crippen LogP contribution in [0.15, 0.2) is 49.1 Å². The average Bonchev–Trinajstić information content (AvgIpc) is 3.48. The van der Waals surface area contributed by atoms with Gasteiger partial charge in [-0.05, 0) is 55.2 Å². The Morgan fingerprint density at radius 2 is 2.09 bits per heavy atom. The van der Waals surface area contributed by atoms with Crippen LogP contribution < -0.4 is 4.74 Å². The summed E-state index contributed by atoms with van der Waals surface area (Å²) in [6.45, 7) is 7.76. The van der Waals surface area contributed by atoms with E-state index in [0.29, 0.717) is 46.9 Å². The third kappa shape index (κ3) is 3.99. The van der Waals surface area contributed by atoms with Crippen LogP contribution in [0.25, 0.3) is 11.3 Å². The number of sulfone groups is 1. The Morgan fingerprint density at radius 1 is 1.29 bits per heavy atom. The summed E-state index contributed by atoms with van der Waals surface area (Å²) in [5, 5.41) is 18.2. The van der Waals surface area contributed by atoms with Crippen LogP contribution in [-0.4, -0.2) is 58.7 Å². The van der Waals surface area contributed by atoms with Crippen molar-refractivity contribution in [3.05, 3.63) is 77.0 Å². The summed E-state index contributed by atoms with van der Waals surface area (Å²) in [4.78, 5) is 15.3. The van der Waals surface area contributed by atoms with E-state index in [0.717, 1.165) is 11.1 Å². The molecule has 0 spiro atoms. The standard InChI is InChI=1S/C26H27N3O5S/c1-4-9-34-19-7-5-6-17(13-19)24-21-22(20-12-15(2)11-16(3)25(20)30)27-28-23(21)26(31)29(24)18-8-10-35(32,33)14-18/h4-7,11-13,18,24,30H,1,8-10,14H2,2-3H3,(H,27,28). The van der Waals surface area contributed by atoms with Crippen LogP contribution in [0.2, 0.25) is 0 Å². The molecule has 5 rings (SSSR count). The van der Waals surface area contributed by atoms with Crippen molar-refractivity contribution in [3.8, 4) is 22.8 Å². The SMILES string of the molecule is C=CCOc1cccc(C2c3c(-c4cc(C)cc(C)c4O)n[nH]c3C(=O)N2C2CCS(=O)(=O)C2)c1. The molecule has 2 aliphatic rings. The summed E-state index contributed by atoms with van der Waals surface area (Å²) in [7, 11) is -3.23. The number of hydrogen-bond acceptors (Lipinski definition) is 6. The monoisotopic (exact) mass is 493 g/mol. The maximum Gasteiger partial charge on any atom is 0.273 e. The van der Waals surface area contributed by atoms with Crippen LogP contribution in [0.5, 0.6) is 11.5 Å². The van der Waals surface area contributed by atoms with E-state index in [1.54, 1.807) is 11.0 Å². The van der Waals surface area contributed by atoms with Gasteiger partial charge in [0.15, 0.2) is 9.84 Å². The first-order chi connectivity index (χ1) is 16.7. The van der Waals surface area contributed by atoms with E-state index in [-0.39, 0.29) is 23.2 Å². The largest absolute Gasteiger partial charge is 0.507 e. The lowest BCUT2D eigenvalue weighted by atomic mass is 9.93. The molecule has 35 heavy (non-hydrogen) atoms. The highest BCUT2D eigenvalue weighted by Gasteiger charge is 2.48. The summed E-state index contributed by atoms with van der Waals surface area (Å²) in [5.74, 6) is 0.381. The summed E-state index contributed by atoms with van der Waals surface area (Å²) >= 11 is 0. The van der Waals surface area contributed by atoms with Gasteiger partial charge in [0.05, 0.1) is 17.5 Å². The lowest BCUT2D eigenvalue weighted by Crippen LogP contribution is -2.40. The molecule has 182 valence electrons. The number of fused-ring (bicyclic) bond motifs is 1. The lowest BCUT2D eigenvalue weighted by Gasteiger charge is -2.31. The molecule has 1 amide bonds. The van der Waals surface area contributed by atoms with Gasteiger partial charge in [0.1, 0.15) is 29.5 Å². The number of phenolic OH excluding ortho intramolecular Hbond substituents is 1. The highest BCUT2D eigenvalue weighted by molar-refractivity contribution is 7.91. The van der Waals surface area contributed by atoms with E-state index in [9.17, 15) is 18.3 Å². The van der Waals surface area contributed by atoms with Gasteiger partial charge in [-0.15, -0.1) is 0 Å². The van der Waals surface area contributed by atoms with Gasteiger partial charge in [-0.25, -0.2) is 8.42 Å². The first-order valence-corrected chi connectivity index (χ1v) is 13.3. The number of nitrogens with one attached hydrogen (secondary N) is 1. The second-order valence-electron chi connectivity index (χ2n) is 9.18. The number of amides is 1. The number of hydrogen-bond donors (Lipinski definition) is 2. The molecule has 2 unspecified atom stereocenters. The number of carbonyl (C=O) groups excluding carboxylic acids is 1. The molecule has 1 fully saturated rings. The van der Waals surface area contributed by atoms with Gasteiger partial charge in [-0.2, -0.15) is 5.10 Å². The predicted molar refractivity (Wildman–Crippen MR) is 132 cm³/mol. The lowest BCUT2D eigenvalue weighted by molar-refractivity contribution is 0.0677. The molecule has 0 radical (unpaired) electrons. The van der Waals surface area contributed by atoms with Crippen molar-refractivity contribution in [1.29, 1.82) is 0 Å². The zero-order valence-corrected chi connectivity index (χ0v) is 20.4. The number of H-pyrrole nitrogens is 1. The molecule has 1 aromatic heterocycles. The fraction of sp³-hybridized carbons (Fsp3) is 0.308. The molecule has 2 atom stereocenters. The van der Waals surface area contributed by atoms with Gasteiger partial charge >= 0.3 is 0 Å². The van der Waals surface area contributed by atoms with Crippen LogP contribution in [0.4, 0.5) is 0 Å². The number of ether oxygens (including phenoxy) is 1. The van der Waals surface area contributed by atoms with Crippen molar-refractivity contribution in [2.45, 2.75) is 32.4 Å². The van der Waals surface area contributed by atoms with Crippen molar-refractivity contribution < 1.29 is 23.1 Å². The minimum absolute atomic E-state index is 0.0492. The smallest absolute Gasteiger partial charge is 0.273 e. The molecular weight excluding hydrogens is 466 g/mol. The Bertz CT molecular complexity index is 1440. The Balaban J connectivity index is 1.69. The predicted octanol–water partition coefficient (Wildman–Crippen LogP) is 3.70. The molecule has 2 N–H and O–H groups in total. The van der Waals surface area contributed by atoms with Crippen molar-refractivity contribution in [2.75, 3.05) is 18.1 Å². The number of nitrogens with zero attached hydrogens (tertiary/aromatic N) is 2. The summed E-state index contributed by atoms with van der Waals surface area (Å²) in [6, 6.07) is 10.1. The summed E-state index contributed by atoms with van der Waals surface area (Å²) in [5.41, 5.74) is 4.36. The quantitative estimate of drug-likeness (QED) is 0.507. The third-order valence-corrected chi connectivity index (χ3v) is 8.40. The fourth-order valence-corrected chi connectivity index (χ4v) is 6.85. The first-order valence-electron chi connectivity index (χ1n) is 11.5. The summed E-state index contributed by atoms with van der Waals surface area (Å²) in [6.07, 6.45) is 2.02. The van der Waals surface area contributed by atoms with Crippen LogP contribution in [0, 0.1) is 13.8 Å². The topological polar surface area (TPSA) is 113 Å². The Morgan fingerprint density at radius 3 is 2.80 bits per heavy atom. The number of aryl methyl sites for hydroxylation is 2. The van der Waals surface area contributed by atoms with Crippen molar-refractivity contribution in [3.63, 3.8) is 0 Å². The van der Waals surface area contributed by atoms with Crippen LogP contribution in [0.3, 0.4) is 0 Å². The van der Waals surface area contributed by atoms with Gasteiger partial charge in [0.2, 0.25) is 0 Å². The van der Waals surface area contributed by atoms with Gasteiger partial charge in [0, 0.05) is 17.2 Å². The highest BCUT2D eigenvalue weighted by Crippen LogP contribution is 2.47. The first kappa shape index (κ1) is 23.2. The van der Waals surface area contributed by atoms with Gasteiger partial charge < -0.3 is 14.7 Å². The van der Waals surface area contributed by atoms with E-state index in [1.807, 2.05) is 50.2 Å². The molecule has 9 heteroatoms. The maximum atomic E-state index is 13.7. The molecule has 0 bridgehead atoms. The van der Waals surface area contributed by atoms with Crippen molar-refractivity contribution in [2.24, 2.45) is 0 Å². The summed E-state index contributed by atoms with van der Waals surface area (Å²) < 4.78 is 30.4. The zero-order valence-electron chi connectivity index (χ0n) is 19.6. The third-order valence-electron chi connectivity index (χ3n) is 6.65. The number of aromatic amines is 1. The minimum atomic E-state index is -3.23. The van der Waals surface area contributed by atoms with Crippen molar-refractivity contribution in [1.82, 2.24) is 15.1 Å². The Hall–Kier alpha value is -3.59.